The zero-order chi connectivity index (χ0) is 27.1. The Morgan fingerprint density at radius 3 is 2.00 bits per heavy atom. The van der Waals surface area contributed by atoms with Crippen LogP contribution in [0.4, 0.5) is 0 Å². The summed E-state index contributed by atoms with van der Waals surface area (Å²) in [6.45, 7) is 1.85. The quantitative estimate of drug-likeness (QED) is 0.157. The molecule has 0 fully saturated rings. The molecule has 0 saturated heterocycles. The van der Waals surface area contributed by atoms with Gasteiger partial charge in [-0.1, -0.05) is 36.4 Å². The van der Waals surface area contributed by atoms with Crippen molar-refractivity contribution in [1.82, 2.24) is 19.9 Å². The van der Waals surface area contributed by atoms with Gasteiger partial charge in [0.1, 0.15) is 23.1 Å². The van der Waals surface area contributed by atoms with Crippen LogP contribution in [0.2, 0.25) is 0 Å². The minimum Gasteiger partial charge on any atom is -0.494 e. The highest BCUT2D eigenvalue weighted by molar-refractivity contribution is 6.20. The predicted molar refractivity (Wildman–Crippen MR) is 148 cm³/mol. The van der Waals surface area contributed by atoms with Gasteiger partial charge < -0.3 is 24.2 Å². The highest BCUT2D eigenvalue weighted by atomic mass is 16.5. The summed E-state index contributed by atoms with van der Waals surface area (Å²) in [6, 6.07) is 15.5. The standard InChI is InChI=1S/C30H26N4O5/c1-4-39-30(36)18(13-21-26-24(22(37-2)14-31-21)16-9-5-7-11-19(16)33-26)29(35)28-27-25(23(38-3)15-32-28)17-10-6-8-12-20(17)34-27/h5-12,14-15,18,33-34H,4,13H2,1-3H3. The molecule has 0 bridgehead atoms. The van der Waals surface area contributed by atoms with Crippen LogP contribution >= 0.6 is 0 Å². The molecule has 1 unspecified atom stereocenters. The smallest absolute Gasteiger partial charge is 0.317 e. The number of rotatable bonds is 8. The first-order valence-electron chi connectivity index (χ1n) is 12.6. The summed E-state index contributed by atoms with van der Waals surface area (Å²) in [7, 11) is 3.14. The molecule has 196 valence electrons. The number of para-hydroxylation sites is 2. The van der Waals surface area contributed by atoms with Gasteiger partial charge in [0, 0.05) is 28.2 Å². The van der Waals surface area contributed by atoms with E-state index in [1.54, 1.807) is 27.3 Å². The fraction of sp³-hybridized carbons (Fsp3) is 0.200. The minimum atomic E-state index is -1.17. The number of H-pyrrole nitrogens is 2. The summed E-state index contributed by atoms with van der Waals surface area (Å²) in [5.41, 5.74) is 3.63. The number of pyridine rings is 2. The number of Topliss-reactive ketones (excluding diaryl/α,β-unsaturated/α-hetero) is 1. The summed E-state index contributed by atoms with van der Waals surface area (Å²) >= 11 is 0. The molecule has 1 atom stereocenters. The molecule has 0 aliphatic rings. The van der Waals surface area contributed by atoms with Gasteiger partial charge in [0.25, 0.3) is 0 Å². The number of nitrogens with zero attached hydrogens (tertiary/aromatic N) is 2. The van der Waals surface area contributed by atoms with Crippen LogP contribution in [0.5, 0.6) is 11.5 Å². The van der Waals surface area contributed by atoms with Crippen molar-refractivity contribution in [3.05, 3.63) is 72.3 Å². The molecule has 0 aliphatic heterocycles. The number of esters is 1. The number of ketones is 1. The van der Waals surface area contributed by atoms with Crippen molar-refractivity contribution in [3.8, 4) is 11.5 Å². The maximum atomic E-state index is 14.1. The molecule has 0 spiro atoms. The SMILES string of the molecule is CCOC(=O)C(Cc1ncc(OC)c2c1[nH]c1ccccc12)C(=O)c1ncc(OC)c2c1[nH]c1ccccc12. The van der Waals surface area contributed by atoms with Crippen molar-refractivity contribution >= 4 is 55.4 Å². The normalized spacial score (nSPS) is 12.3. The number of nitrogens with one attached hydrogen (secondary N) is 2. The second-order valence-electron chi connectivity index (χ2n) is 9.16. The summed E-state index contributed by atoms with van der Waals surface area (Å²) in [5.74, 6) is -1.14. The van der Waals surface area contributed by atoms with Crippen molar-refractivity contribution in [3.63, 3.8) is 0 Å². The number of benzene rings is 2. The number of aromatic amines is 2. The maximum absolute atomic E-state index is 14.1. The van der Waals surface area contributed by atoms with Crippen molar-refractivity contribution < 1.29 is 23.8 Å². The molecule has 9 heteroatoms. The van der Waals surface area contributed by atoms with E-state index >= 15 is 0 Å². The van der Waals surface area contributed by atoms with Gasteiger partial charge in [-0.2, -0.15) is 0 Å². The number of methoxy groups -OCH3 is 2. The van der Waals surface area contributed by atoms with Crippen molar-refractivity contribution in [2.45, 2.75) is 13.3 Å². The zero-order valence-corrected chi connectivity index (χ0v) is 21.7. The van der Waals surface area contributed by atoms with Crippen LogP contribution in [0.15, 0.2) is 60.9 Å². The Labute approximate surface area is 223 Å². The number of hydrogen-bond donors (Lipinski definition) is 2. The molecule has 2 aromatic carbocycles. The van der Waals surface area contributed by atoms with Crippen LogP contribution in [0, 0.1) is 5.92 Å². The van der Waals surface area contributed by atoms with E-state index < -0.39 is 17.7 Å². The molecule has 0 saturated carbocycles. The molecule has 6 rings (SSSR count). The molecule has 6 aromatic rings. The number of carbonyl (C=O) groups is 2. The van der Waals surface area contributed by atoms with Crippen molar-refractivity contribution in [2.24, 2.45) is 5.92 Å². The molecule has 39 heavy (non-hydrogen) atoms. The van der Waals surface area contributed by atoms with Gasteiger partial charge >= 0.3 is 5.97 Å². The molecule has 0 radical (unpaired) electrons. The lowest BCUT2D eigenvalue weighted by molar-refractivity contribution is -0.146. The van der Waals surface area contributed by atoms with Crippen LogP contribution in [0.25, 0.3) is 43.6 Å². The highest BCUT2D eigenvalue weighted by Gasteiger charge is 2.34. The number of hydrogen-bond acceptors (Lipinski definition) is 7. The number of aromatic nitrogens is 4. The van der Waals surface area contributed by atoms with Crippen LogP contribution in [0.1, 0.15) is 23.1 Å². The molecular formula is C30H26N4O5. The third kappa shape index (κ3) is 3.94. The molecule has 0 aliphatic carbocycles. The maximum Gasteiger partial charge on any atom is 0.317 e. The van der Waals surface area contributed by atoms with Crippen LogP contribution in [-0.4, -0.2) is 52.5 Å². The Balaban J connectivity index is 1.50. The van der Waals surface area contributed by atoms with E-state index in [0.29, 0.717) is 28.2 Å². The first kappa shape index (κ1) is 24.4. The Bertz CT molecular complexity index is 1890. The van der Waals surface area contributed by atoms with Gasteiger partial charge in [-0.25, -0.2) is 4.98 Å². The summed E-state index contributed by atoms with van der Waals surface area (Å²) in [5, 5.41) is 3.43. The molecule has 2 N–H and O–H groups in total. The fourth-order valence-electron chi connectivity index (χ4n) is 5.24. The molecular weight excluding hydrogens is 496 g/mol. The zero-order valence-electron chi connectivity index (χ0n) is 21.7. The van der Waals surface area contributed by atoms with E-state index in [9.17, 15) is 9.59 Å². The molecule has 4 aromatic heterocycles. The second-order valence-corrected chi connectivity index (χ2v) is 9.16. The molecule has 9 nitrogen and oxygen atoms in total. The van der Waals surface area contributed by atoms with E-state index in [4.69, 9.17) is 14.2 Å². The lowest BCUT2D eigenvalue weighted by Gasteiger charge is -2.16. The van der Waals surface area contributed by atoms with Gasteiger partial charge in [0.2, 0.25) is 0 Å². The minimum absolute atomic E-state index is 0.0143. The third-order valence-electron chi connectivity index (χ3n) is 7.04. The number of fused-ring (bicyclic) bond motifs is 6. The van der Waals surface area contributed by atoms with Gasteiger partial charge in [-0.05, 0) is 19.1 Å². The van der Waals surface area contributed by atoms with E-state index in [0.717, 1.165) is 32.6 Å². The van der Waals surface area contributed by atoms with E-state index in [2.05, 4.69) is 19.9 Å². The van der Waals surface area contributed by atoms with Crippen molar-refractivity contribution in [1.29, 1.82) is 0 Å². The summed E-state index contributed by atoms with van der Waals surface area (Å²) < 4.78 is 16.5. The van der Waals surface area contributed by atoms with Crippen LogP contribution in [0.3, 0.4) is 0 Å². The summed E-state index contributed by atoms with van der Waals surface area (Å²) in [6.07, 6.45) is 3.15. The number of ether oxygens (including phenoxy) is 3. The van der Waals surface area contributed by atoms with Gasteiger partial charge in [0.15, 0.2) is 5.78 Å². The Kier molecular flexibility index (Phi) is 6.11. The van der Waals surface area contributed by atoms with E-state index in [1.165, 1.54) is 6.20 Å². The second kappa shape index (κ2) is 9.75. The average Bonchev–Trinajstić information content (AvgIpc) is 3.55. The first-order valence-corrected chi connectivity index (χ1v) is 12.6. The summed E-state index contributed by atoms with van der Waals surface area (Å²) in [4.78, 5) is 43.1. The Morgan fingerprint density at radius 1 is 0.821 bits per heavy atom. The Morgan fingerprint density at radius 2 is 1.38 bits per heavy atom. The molecule has 0 amide bonds. The average molecular weight is 523 g/mol. The lowest BCUT2D eigenvalue weighted by Crippen LogP contribution is -2.29. The van der Waals surface area contributed by atoms with Crippen molar-refractivity contribution in [2.75, 3.05) is 20.8 Å². The third-order valence-corrected chi connectivity index (χ3v) is 7.04. The van der Waals surface area contributed by atoms with E-state index in [1.807, 2.05) is 48.5 Å². The van der Waals surface area contributed by atoms with Gasteiger partial charge in [0.05, 0.1) is 60.7 Å². The van der Waals surface area contributed by atoms with Crippen LogP contribution in [-0.2, 0) is 16.0 Å². The highest BCUT2D eigenvalue weighted by Crippen LogP contribution is 2.37. The Hall–Kier alpha value is -4.92. The predicted octanol–water partition coefficient (Wildman–Crippen LogP) is 5.37. The largest absolute Gasteiger partial charge is 0.494 e. The number of carbonyl (C=O) groups excluding carboxylic acids is 2. The van der Waals surface area contributed by atoms with E-state index in [-0.39, 0.29) is 18.7 Å². The topological polar surface area (TPSA) is 119 Å². The van der Waals surface area contributed by atoms with Gasteiger partial charge in [-0.3, -0.25) is 14.6 Å². The lowest BCUT2D eigenvalue weighted by atomic mass is 9.93. The fourth-order valence-corrected chi connectivity index (χ4v) is 5.24. The molecule has 4 heterocycles. The van der Waals surface area contributed by atoms with Crippen LogP contribution < -0.4 is 9.47 Å². The first-order chi connectivity index (χ1) is 19.0. The monoisotopic (exact) mass is 522 g/mol. The van der Waals surface area contributed by atoms with Gasteiger partial charge in [-0.15, -0.1) is 0 Å².